The second-order valence-electron chi connectivity index (χ2n) is 5.00. The SMILES string of the molecule is COc1ccc(S(=O)(=O)NCC(N)c2ccccc2)cc1C. The van der Waals surface area contributed by atoms with Gasteiger partial charge in [0.25, 0.3) is 0 Å². The molecule has 0 bridgehead atoms. The lowest BCUT2D eigenvalue weighted by Crippen LogP contribution is -2.32. The molecule has 0 saturated heterocycles. The Kier molecular flexibility index (Phi) is 5.18. The zero-order valence-electron chi connectivity index (χ0n) is 12.6. The minimum Gasteiger partial charge on any atom is -0.496 e. The van der Waals surface area contributed by atoms with Gasteiger partial charge in [0.1, 0.15) is 5.75 Å². The first-order valence-electron chi connectivity index (χ1n) is 6.89. The van der Waals surface area contributed by atoms with Crippen molar-refractivity contribution >= 4 is 10.0 Å². The molecule has 1 atom stereocenters. The number of aryl methyl sites for hydroxylation is 1. The van der Waals surface area contributed by atoms with E-state index in [1.807, 2.05) is 30.3 Å². The fourth-order valence-corrected chi connectivity index (χ4v) is 3.26. The number of nitrogens with one attached hydrogen (secondary N) is 1. The molecule has 2 aromatic rings. The molecule has 118 valence electrons. The van der Waals surface area contributed by atoms with Gasteiger partial charge < -0.3 is 10.5 Å². The van der Waals surface area contributed by atoms with Gasteiger partial charge >= 0.3 is 0 Å². The number of rotatable bonds is 6. The standard InChI is InChI=1S/C16H20N2O3S/c1-12-10-14(8-9-16(12)21-2)22(19,20)18-11-15(17)13-6-4-3-5-7-13/h3-10,15,18H,11,17H2,1-2H3. The minimum absolute atomic E-state index is 0.136. The number of hydrogen-bond donors (Lipinski definition) is 2. The van der Waals surface area contributed by atoms with E-state index in [0.717, 1.165) is 11.1 Å². The molecule has 3 N–H and O–H groups in total. The fraction of sp³-hybridized carbons (Fsp3) is 0.250. The normalized spacial score (nSPS) is 12.9. The third-order valence-electron chi connectivity index (χ3n) is 3.40. The number of nitrogens with two attached hydrogens (primary N) is 1. The molecule has 0 fully saturated rings. The first-order chi connectivity index (χ1) is 10.4. The summed E-state index contributed by atoms with van der Waals surface area (Å²) in [6, 6.07) is 13.7. The van der Waals surface area contributed by atoms with E-state index in [4.69, 9.17) is 10.5 Å². The van der Waals surface area contributed by atoms with Gasteiger partial charge in [-0.1, -0.05) is 30.3 Å². The summed E-state index contributed by atoms with van der Waals surface area (Å²) in [5, 5.41) is 0. The highest BCUT2D eigenvalue weighted by Gasteiger charge is 2.17. The molecular weight excluding hydrogens is 300 g/mol. The summed E-state index contributed by atoms with van der Waals surface area (Å²) >= 11 is 0. The van der Waals surface area contributed by atoms with Crippen LogP contribution in [0.5, 0.6) is 5.75 Å². The quantitative estimate of drug-likeness (QED) is 0.853. The van der Waals surface area contributed by atoms with Crippen molar-refractivity contribution < 1.29 is 13.2 Å². The summed E-state index contributed by atoms with van der Waals surface area (Å²) in [5.41, 5.74) is 7.66. The maximum atomic E-state index is 12.3. The molecule has 0 aromatic heterocycles. The molecule has 5 nitrogen and oxygen atoms in total. The first kappa shape index (κ1) is 16.5. The summed E-state index contributed by atoms with van der Waals surface area (Å²) < 4.78 is 32.3. The van der Waals surface area contributed by atoms with Crippen molar-refractivity contribution in [3.63, 3.8) is 0 Å². The summed E-state index contributed by atoms with van der Waals surface area (Å²) in [6.45, 7) is 1.94. The number of sulfonamides is 1. The Hall–Kier alpha value is -1.89. The zero-order chi connectivity index (χ0) is 16.2. The predicted molar refractivity (Wildman–Crippen MR) is 86.3 cm³/mol. The van der Waals surface area contributed by atoms with E-state index in [1.165, 1.54) is 6.07 Å². The average Bonchev–Trinajstić information content (AvgIpc) is 2.53. The Morgan fingerprint density at radius 2 is 1.86 bits per heavy atom. The lowest BCUT2D eigenvalue weighted by Gasteiger charge is -2.14. The van der Waals surface area contributed by atoms with E-state index >= 15 is 0 Å². The van der Waals surface area contributed by atoms with Crippen LogP contribution in [0.2, 0.25) is 0 Å². The molecule has 0 aliphatic carbocycles. The van der Waals surface area contributed by atoms with E-state index in [9.17, 15) is 8.42 Å². The van der Waals surface area contributed by atoms with Crippen LogP contribution in [0, 0.1) is 6.92 Å². The molecule has 2 aromatic carbocycles. The van der Waals surface area contributed by atoms with Crippen molar-refractivity contribution in [2.75, 3.05) is 13.7 Å². The Balaban J connectivity index is 2.10. The van der Waals surface area contributed by atoms with Crippen LogP contribution >= 0.6 is 0 Å². The molecule has 2 rings (SSSR count). The third-order valence-corrected chi connectivity index (χ3v) is 4.82. The van der Waals surface area contributed by atoms with Crippen LogP contribution in [0.3, 0.4) is 0 Å². The van der Waals surface area contributed by atoms with Gasteiger partial charge in [-0.25, -0.2) is 13.1 Å². The third kappa shape index (κ3) is 3.85. The Bertz CT molecular complexity index is 730. The number of ether oxygens (including phenoxy) is 1. The van der Waals surface area contributed by atoms with Crippen LogP contribution in [-0.4, -0.2) is 22.1 Å². The van der Waals surface area contributed by atoms with Crippen LogP contribution in [-0.2, 0) is 10.0 Å². The van der Waals surface area contributed by atoms with Crippen LogP contribution in [0.4, 0.5) is 0 Å². The minimum atomic E-state index is -3.60. The maximum absolute atomic E-state index is 12.3. The van der Waals surface area contributed by atoms with Crippen molar-refractivity contribution in [3.05, 3.63) is 59.7 Å². The molecular formula is C16H20N2O3S. The molecule has 0 radical (unpaired) electrons. The van der Waals surface area contributed by atoms with Crippen molar-refractivity contribution in [1.29, 1.82) is 0 Å². The predicted octanol–water partition coefficient (Wildman–Crippen LogP) is 1.98. The van der Waals surface area contributed by atoms with Crippen LogP contribution in [0.25, 0.3) is 0 Å². The highest BCUT2D eigenvalue weighted by atomic mass is 32.2. The molecule has 0 aliphatic rings. The zero-order valence-corrected chi connectivity index (χ0v) is 13.4. The molecule has 0 spiro atoms. The van der Waals surface area contributed by atoms with Crippen molar-refractivity contribution in [3.8, 4) is 5.75 Å². The highest BCUT2D eigenvalue weighted by Crippen LogP contribution is 2.21. The van der Waals surface area contributed by atoms with Gasteiger partial charge in [0, 0.05) is 12.6 Å². The fourth-order valence-electron chi connectivity index (χ4n) is 2.12. The number of methoxy groups -OCH3 is 1. The lowest BCUT2D eigenvalue weighted by molar-refractivity contribution is 0.411. The second kappa shape index (κ2) is 6.91. The molecule has 0 aliphatic heterocycles. The van der Waals surface area contributed by atoms with E-state index in [2.05, 4.69) is 4.72 Å². The summed E-state index contributed by atoms with van der Waals surface area (Å²) in [6.07, 6.45) is 0. The van der Waals surface area contributed by atoms with E-state index in [0.29, 0.717) is 5.75 Å². The van der Waals surface area contributed by atoms with E-state index in [-0.39, 0.29) is 11.4 Å². The summed E-state index contributed by atoms with van der Waals surface area (Å²) in [5.74, 6) is 0.653. The molecule has 0 saturated carbocycles. The lowest BCUT2D eigenvalue weighted by atomic mass is 10.1. The maximum Gasteiger partial charge on any atom is 0.240 e. The number of hydrogen-bond acceptors (Lipinski definition) is 4. The van der Waals surface area contributed by atoms with Crippen LogP contribution < -0.4 is 15.2 Å². The van der Waals surface area contributed by atoms with Crippen molar-refractivity contribution in [1.82, 2.24) is 4.72 Å². The topological polar surface area (TPSA) is 81.4 Å². The van der Waals surface area contributed by atoms with Gasteiger partial charge in [-0.15, -0.1) is 0 Å². The Morgan fingerprint density at radius 1 is 1.18 bits per heavy atom. The van der Waals surface area contributed by atoms with Gasteiger partial charge in [-0.2, -0.15) is 0 Å². The van der Waals surface area contributed by atoms with Gasteiger partial charge in [-0.3, -0.25) is 0 Å². The first-order valence-corrected chi connectivity index (χ1v) is 8.37. The Labute approximate surface area is 131 Å². The van der Waals surface area contributed by atoms with Crippen LogP contribution in [0.15, 0.2) is 53.4 Å². The largest absolute Gasteiger partial charge is 0.496 e. The number of benzene rings is 2. The van der Waals surface area contributed by atoms with Crippen molar-refractivity contribution in [2.24, 2.45) is 5.73 Å². The van der Waals surface area contributed by atoms with Gasteiger partial charge in [0.15, 0.2) is 0 Å². The second-order valence-corrected chi connectivity index (χ2v) is 6.77. The highest BCUT2D eigenvalue weighted by molar-refractivity contribution is 7.89. The van der Waals surface area contributed by atoms with Gasteiger partial charge in [0.05, 0.1) is 12.0 Å². The molecule has 1 unspecified atom stereocenters. The van der Waals surface area contributed by atoms with E-state index in [1.54, 1.807) is 26.2 Å². The van der Waals surface area contributed by atoms with Gasteiger partial charge in [0.2, 0.25) is 10.0 Å². The summed E-state index contributed by atoms with van der Waals surface area (Å²) in [7, 11) is -2.05. The molecule has 0 heterocycles. The van der Waals surface area contributed by atoms with Crippen molar-refractivity contribution in [2.45, 2.75) is 17.9 Å². The Morgan fingerprint density at radius 3 is 2.45 bits per heavy atom. The van der Waals surface area contributed by atoms with Gasteiger partial charge in [-0.05, 0) is 36.2 Å². The molecule has 0 amide bonds. The smallest absolute Gasteiger partial charge is 0.240 e. The average molecular weight is 320 g/mol. The van der Waals surface area contributed by atoms with E-state index < -0.39 is 16.1 Å². The molecule has 6 heteroatoms. The summed E-state index contributed by atoms with van der Waals surface area (Å²) in [4.78, 5) is 0.200. The van der Waals surface area contributed by atoms with Crippen LogP contribution in [0.1, 0.15) is 17.2 Å². The molecule has 22 heavy (non-hydrogen) atoms. The monoisotopic (exact) mass is 320 g/mol.